The summed E-state index contributed by atoms with van der Waals surface area (Å²) < 4.78 is 2.04. The Hall–Kier alpha value is 0.200. The fourth-order valence-corrected chi connectivity index (χ4v) is 0.262. The minimum atomic E-state index is -0.998. The van der Waals surface area contributed by atoms with Gasteiger partial charge in [0.2, 0.25) is 0 Å². The van der Waals surface area contributed by atoms with Crippen LogP contribution in [0.1, 0.15) is 0 Å². The fourth-order valence-electron chi connectivity index (χ4n) is 0.0873. The van der Waals surface area contributed by atoms with Crippen LogP contribution in [0.2, 0.25) is 0 Å². The molecule has 0 atom stereocenters. The Bertz CT molecular complexity index is 62.0. The Labute approximate surface area is 64.2 Å². The highest BCUT2D eigenvalue weighted by atomic mass is 35.5. The molecule has 0 aromatic heterocycles. The Balaban J connectivity index is -0.000000125. The van der Waals surface area contributed by atoms with Crippen LogP contribution in [0.5, 0.6) is 0 Å². The molecule has 1 amide bonds. The van der Waals surface area contributed by atoms with Crippen molar-refractivity contribution in [2.45, 2.75) is 0 Å². The summed E-state index contributed by atoms with van der Waals surface area (Å²) in [5.74, 6) is 0. The van der Waals surface area contributed by atoms with E-state index < -0.39 is 6.09 Å². The monoisotopic (exact) mass is 179 g/mol. The molecule has 0 radical (unpaired) electrons. The van der Waals surface area contributed by atoms with Crippen molar-refractivity contribution in [1.29, 1.82) is 0 Å². The minimum absolute atomic E-state index is 0. The van der Waals surface area contributed by atoms with E-state index in [1.807, 2.05) is 4.72 Å². The van der Waals surface area contributed by atoms with Gasteiger partial charge in [-0.15, -0.1) is 24.8 Å². The number of hydrogen-bond acceptors (Lipinski definition) is 2. The fraction of sp³-hybridized carbons (Fsp3) is 0.500. The van der Waals surface area contributed by atoms with E-state index in [1.165, 1.54) is 0 Å². The first-order valence-electron chi connectivity index (χ1n) is 1.29. The minimum Gasteiger partial charge on any atom is -0.464 e. The van der Waals surface area contributed by atoms with Crippen LogP contribution in [0.15, 0.2) is 0 Å². The number of carbonyl (C=O) groups is 1. The summed E-state index contributed by atoms with van der Waals surface area (Å²) in [5.41, 5.74) is 0. The molecule has 0 saturated heterocycles. The number of nitrogens with one attached hydrogen (secondary N) is 1. The summed E-state index contributed by atoms with van der Waals surface area (Å²) in [6.07, 6.45) is 0.649. The van der Waals surface area contributed by atoms with Crippen LogP contribution in [0.3, 0.4) is 0 Å². The van der Waals surface area contributed by atoms with Gasteiger partial charge in [0.15, 0.2) is 0 Å². The summed E-state index contributed by atoms with van der Waals surface area (Å²) in [6, 6.07) is 0. The molecule has 0 aliphatic rings. The molecular weight excluding hydrogens is 173 g/mol. The molecule has 0 unspecified atom stereocenters. The van der Waals surface area contributed by atoms with Crippen molar-refractivity contribution in [1.82, 2.24) is 4.72 Å². The largest absolute Gasteiger partial charge is 0.464 e. The number of halogens is 2. The first-order chi connectivity index (χ1) is 2.77. The molecule has 52 valence electrons. The van der Waals surface area contributed by atoms with Crippen molar-refractivity contribution >= 4 is 42.9 Å². The standard InChI is InChI=1S/C2H5NO2S.2ClH/c1-6-3-2(4)5;;/h3H,1H3,(H,4,5);2*1H. The van der Waals surface area contributed by atoms with Gasteiger partial charge in [0.1, 0.15) is 0 Å². The summed E-state index contributed by atoms with van der Waals surface area (Å²) >= 11 is 1.06. The highest BCUT2D eigenvalue weighted by molar-refractivity contribution is 7.97. The Morgan fingerprint density at radius 2 is 2.00 bits per heavy atom. The predicted molar refractivity (Wildman–Crippen MR) is 39.2 cm³/mol. The molecule has 0 saturated carbocycles. The van der Waals surface area contributed by atoms with Crippen LogP contribution in [0, 0.1) is 0 Å². The first kappa shape index (κ1) is 15.7. The van der Waals surface area contributed by atoms with E-state index in [0.29, 0.717) is 0 Å². The van der Waals surface area contributed by atoms with Gasteiger partial charge in [0, 0.05) is 6.26 Å². The van der Waals surface area contributed by atoms with Gasteiger partial charge in [-0.25, -0.2) is 4.79 Å². The third kappa shape index (κ3) is 16.4. The highest BCUT2D eigenvalue weighted by Crippen LogP contribution is 1.77. The van der Waals surface area contributed by atoms with E-state index in [1.54, 1.807) is 6.26 Å². The molecule has 3 nitrogen and oxygen atoms in total. The van der Waals surface area contributed by atoms with E-state index in [2.05, 4.69) is 0 Å². The molecule has 0 aliphatic heterocycles. The number of amides is 1. The van der Waals surface area contributed by atoms with Crippen molar-refractivity contribution in [3.63, 3.8) is 0 Å². The molecule has 0 aromatic rings. The second-order valence-electron chi connectivity index (χ2n) is 0.611. The van der Waals surface area contributed by atoms with E-state index in [4.69, 9.17) is 5.11 Å². The molecule has 0 aliphatic carbocycles. The predicted octanol–water partition coefficient (Wildman–Crippen LogP) is 1.38. The molecule has 8 heavy (non-hydrogen) atoms. The normalized spacial score (nSPS) is 5.62. The van der Waals surface area contributed by atoms with Gasteiger partial charge < -0.3 is 5.11 Å². The maximum atomic E-state index is 9.47. The van der Waals surface area contributed by atoms with Crippen molar-refractivity contribution in [2.75, 3.05) is 6.26 Å². The Morgan fingerprint density at radius 1 is 1.62 bits per heavy atom. The SMILES string of the molecule is CSNC(=O)O.Cl.Cl. The van der Waals surface area contributed by atoms with Gasteiger partial charge in [-0.3, -0.25) is 4.72 Å². The molecule has 0 bridgehead atoms. The van der Waals surface area contributed by atoms with Gasteiger partial charge >= 0.3 is 6.09 Å². The van der Waals surface area contributed by atoms with E-state index in [0.717, 1.165) is 11.9 Å². The molecule has 0 spiro atoms. The van der Waals surface area contributed by atoms with Gasteiger partial charge in [0.25, 0.3) is 0 Å². The van der Waals surface area contributed by atoms with Crippen molar-refractivity contribution in [3.05, 3.63) is 0 Å². The second kappa shape index (κ2) is 10.2. The lowest BCUT2D eigenvalue weighted by Gasteiger charge is -1.86. The molecule has 0 aromatic carbocycles. The van der Waals surface area contributed by atoms with E-state index >= 15 is 0 Å². The van der Waals surface area contributed by atoms with Crippen molar-refractivity contribution in [3.8, 4) is 0 Å². The zero-order valence-corrected chi connectivity index (χ0v) is 6.53. The van der Waals surface area contributed by atoms with E-state index in [-0.39, 0.29) is 24.8 Å². The van der Waals surface area contributed by atoms with Gasteiger partial charge in [-0.2, -0.15) is 0 Å². The molecule has 2 N–H and O–H groups in total. The van der Waals surface area contributed by atoms with Crippen LogP contribution < -0.4 is 4.72 Å². The quantitative estimate of drug-likeness (QED) is 0.599. The summed E-state index contributed by atoms with van der Waals surface area (Å²) in [7, 11) is 0. The molecular formula is C2H7Cl2NO2S. The average Bonchev–Trinajstić information content (AvgIpc) is 1.35. The summed E-state index contributed by atoms with van der Waals surface area (Å²) in [4.78, 5) is 9.47. The van der Waals surface area contributed by atoms with Crippen LogP contribution in [-0.2, 0) is 0 Å². The van der Waals surface area contributed by atoms with Crippen LogP contribution in [0.4, 0.5) is 4.79 Å². The van der Waals surface area contributed by atoms with Gasteiger partial charge in [-0.1, -0.05) is 11.9 Å². The molecule has 0 rings (SSSR count). The highest BCUT2D eigenvalue weighted by Gasteiger charge is 1.84. The molecule has 6 heteroatoms. The zero-order valence-electron chi connectivity index (χ0n) is 4.08. The van der Waals surface area contributed by atoms with Crippen molar-refractivity contribution < 1.29 is 9.90 Å². The maximum Gasteiger partial charge on any atom is 0.414 e. The smallest absolute Gasteiger partial charge is 0.414 e. The number of rotatable bonds is 1. The van der Waals surface area contributed by atoms with Gasteiger partial charge in [-0.05, 0) is 0 Å². The number of carboxylic acid groups (broad SMARTS) is 1. The first-order valence-corrected chi connectivity index (χ1v) is 2.51. The zero-order chi connectivity index (χ0) is 4.99. The van der Waals surface area contributed by atoms with Crippen LogP contribution in [-0.4, -0.2) is 17.5 Å². The third-order valence-corrected chi connectivity index (χ3v) is 0.568. The maximum absolute atomic E-state index is 9.47. The lowest BCUT2D eigenvalue weighted by atomic mass is 11.3. The van der Waals surface area contributed by atoms with Crippen LogP contribution in [0.25, 0.3) is 0 Å². The lowest BCUT2D eigenvalue weighted by Crippen LogP contribution is -2.09. The lowest BCUT2D eigenvalue weighted by molar-refractivity contribution is 0.202. The average molecular weight is 180 g/mol. The van der Waals surface area contributed by atoms with Gasteiger partial charge in [0.05, 0.1) is 0 Å². The summed E-state index contributed by atoms with van der Waals surface area (Å²) in [6.45, 7) is 0. The Morgan fingerprint density at radius 3 is 2.00 bits per heavy atom. The van der Waals surface area contributed by atoms with Crippen molar-refractivity contribution in [2.24, 2.45) is 0 Å². The molecule has 0 heterocycles. The third-order valence-electron chi connectivity index (χ3n) is 0.189. The van der Waals surface area contributed by atoms with E-state index in [9.17, 15) is 4.79 Å². The van der Waals surface area contributed by atoms with Crippen LogP contribution >= 0.6 is 36.8 Å². The second-order valence-corrected chi connectivity index (χ2v) is 1.22. The summed E-state index contributed by atoms with van der Waals surface area (Å²) in [5, 5.41) is 7.78. The molecule has 0 fully saturated rings. The topological polar surface area (TPSA) is 49.3 Å². The number of hydrogen-bond donors (Lipinski definition) is 2. The Kier molecular flexibility index (Phi) is 20.1.